The van der Waals surface area contributed by atoms with E-state index in [2.05, 4.69) is 28.7 Å². The minimum Gasteiger partial charge on any atom is -0.330 e. The molecule has 0 radical (unpaired) electrons. The van der Waals surface area contributed by atoms with Gasteiger partial charge in [-0.15, -0.1) is 0 Å². The number of aryl methyl sites for hydroxylation is 1. The van der Waals surface area contributed by atoms with Crippen molar-refractivity contribution >= 4 is 22.5 Å². The molecule has 1 saturated carbocycles. The minimum absolute atomic E-state index is 0.00326. The van der Waals surface area contributed by atoms with Crippen molar-refractivity contribution in [3.63, 3.8) is 0 Å². The molecule has 0 bridgehead atoms. The van der Waals surface area contributed by atoms with Gasteiger partial charge in [0.25, 0.3) is 5.56 Å². The molecule has 174 valence electrons. The molecule has 0 saturated heterocycles. The molecule has 5 rings (SSSR count). The van der Waals surface area contributed by atoms with E-state index in [0.717, 1.165) is 29.9 Å². The van der Waals surface area contributed by atoms with Crippen LogP contribution in [0.2, 0.25) is 0 Å². The van der Waals surface area contributed by atoms with Crippen LogP contribution in [0.1, 0.15) is 62.3 Å². The number of anilines is 1. The molecule has 7 heteroatoms. The summed E-state index contributed by atoms with van der Waals surface area (Å²) in [7, 11) is 0. The monoisotopic (exact) mass is 455 g/mol. The minimum atomic E-state index is -0.0904. The number of fused-ring (bicyclic) bond motifs is 1. The third kappa shape index (κ3) is 4.64. The average molecular weight is 456 g/mol. The predicted octanol–water partition coefficient (Wildman–Crippen LogP) is 4.67. The molecular formula is C27H29N5O2. The molecule has 4 aromatic rings. The van der Waals surface area contributed by atoms with Gasteiger partial charge in [-0.25, -0.2) is 9.97 Å². The first-order valence-electron chi connectivity index (χ1n) is 11.9. The quantitative estimate of drug-likeness (QED) is 0.419. The highest BCUT2D eigenvalue weighted by molar-refractivity contribution is 5.90. The van der Waals surface area contributed by atoms with Gasteiger partial charge in [-0.2, -0.15) is 0 Å². The summed E-state index contributed by atoms with van der Waals surface area (Å²) in [6.45, 7) is 4.96. The van der Waals surface area contributed by atoms with Crippen molar-refractivity contribution in [3.8, 4) is 0 Å². The van der Waals surface area contributed by atoms with Crippen LogP contribution in [0.25, 0.3) is 10.9 Å². The van der Waals surface area contributed by atoms with Gasteiger partial charge in [0.15, 0.2) is 0 Å². The molecule has 1 fully saturated rings. The molecule has 0 aliphatic heterocycles. The van der Waals surface area contributed by atoms with E-state index in [0.29, 0.717) is 35.6 Å². The second kappa shape index (κ2) is 9.25. The summed E-state index contributed by atoms with van der Waals surface area (Å²) in [5.74, 6) is 1.98. The first-order valence-corrected chi connectivity index (χ1v) is 11.9. The summed E-state index contributed by atoms with van der Waals surface area (Å²) in [6, 6.07) is 15.5. The van der Waals surface area contributed by atoms with Gasteiger partial charge in [-0.1, -0.05) is 38.1 Å². The van der Waals surface area contributed by atoms with Crippen LogP contribution >= 0.6 is 0 Å². The topological polar surface area (TPSA) is 81.8 Å². The number of nitrogens with one attached hydrogen (secondary N) is 1. The molecule has 1 aliphatic carbocycles. The molecule has 0 spiro atoms. The highest BCUT2D eigenvalue weighted by Gasteiger charge is 2.28. The first kappa shape index (κ1) is 22.1. The molecule has 2 aromatic carbocycles. The molecule has 0 unspecified atom stereocenters. The van der Waals surface area contributed by atoms with Gasteiger partial charge >= 0.3 is 0 Å². The third-order valence-corrected chi connectivity index (χ3v) is 6.20. The normalized spacial score (nSPS) is 13.5. The van der Waals surface area contributed by atoms with Crippen LogP contribution in [-0.2, 0) is 17.8 Å². The van der Waals surface area contributed by atoms with Gasteiger partial charge in [0.1, 0.15) is 11.6 Å². The van der Waals surface area contributed by atoms with Crippen LogP contribution < -0.4 is 10.9 Å². The van der Waals surface area contributed by atoms with Crippen LogP contribution in [0.3, 0.4) is 0 Å². The van der Waals surface area contributed by atoms with Gasteiger partial charge < -0.3 is 9.88 Å². The Morgan fingerprint density at radius 1 is 1.15 bits per heavy atom. The van der Waals surface area contributed by atoms with Crippen molar-refractivity contribution in [2.45, 2.75) is 58.0 Å². The Balaban J connectivity index is 1.28. The van der Waals surface area contributed by atoms with Crippen molar-refractivity contribution < 1.29 is 4.79 Å². The maximum atomic E-state index is 13.0. The van der Waals surface area contributed by atoms with Crippen molar-refractivity contribution in [2.24, 2.45) is 0 Å². The second-order valence-corrected chi connectivity index (χ2v) is 9.27. The predicted molar refractivity (Wildman–Crippen MR) is 133 cm³/mol. The number of hydrogen-bond acceptors (Lipinski definition) is 4. The fraction of sp³-hybridized carbons (Fsp3) is 0.333. The largest absolute Gasteiger partial charge is 0.330 e. The first-order chi connectivity index (χ1) is 16.5. The average Bonchev–Trinajstić information content (AvgIpc) is 3.55. The number of rotatable bonds is 8. The molecule has 34 heavy (non-hydrogen) atoms. The number of nitrogens with zero attached hydrogens (tertiary/aromatic N) is 4. The Hall–Kier alpha value is -3.74. The number of imidazole rings is 1. The van der Waals surface area contributed by atoms with Crippen LogP contribution in [0, 0.1) is 0 Å². The molecule has 2 aromatic heterocycles. The highest BCUT2D eigenvalue weighted by atomic mass is 16.1. The van der Waals surface area contributed by atoms with E-state index in [1.807, 2.05) is 60.9 Å². The molecule has 1 N–H and O–H groups in total. The zero-order valence-electron chi connectivity index (χ0n) is 19.6. The Morgan fingerprint density at radius 3 is 2.76 bits per heavy atom. The Kier molecular flexibility index (Phi) is 6.01. The standard InChI is InChI=1S/C27H29N5O2/c1-18(2)26-28-14-15-31(26)17-19-6-5-7-20(16-19)29-25(33)13-12-24-30-23-9-4-3-8-22(23)27(34)32(24)21-10-11-21/h3-9,14-16,18,21H,10-13,17H2,1-2H3,(H,29,33). The van der Waals surface area contributed by atoms with Crippen LogP contribution in [0.5, 0.6) is 0 Å². The Morgan fingerprint density at radius 2 is 1.97 bits per heavy atom. The number of benzene rings is 2. The molecular weight excluding hydrogens is 426 g/mol. The number of amides is 1. The van der Waals surface area contributed by atoms with Gasteiger partial charge in [0, 0.05) is 49.4 Å². The number of hydrogen-bond donors (Lipinski definition) is 1. The van der Waals surface area contributed by atoms with E-state index in [9.17, 15) is 9.59 Å². The molecule has 2 heterocycles. The second-order valence-electron chi connectivity index (χ2n) is 9.27. The van der Waals surface area contributed by atoms with Crippen molar-refractivity contribution in [1.82, 2.24) is 19.1 Å². The molecule has 7 nitrogen and oxygen atoms in total. The van der Waals surface area contributed by atoms with E-state index in [-0.39, 0.29) is 23.9 Å². The van der Waals surface area contributed by atoms with Crippen molar-refractivity contribution in [2.75, 3.05) is 5.32 Å². The molecule has 0 atom stereocenters. The van der Waals surface area contributed by atoms with Gasteiger partial charge in [0.05, 0.1) is 10.9 Å². The Bertz CT molecular complexity index is 1400. The lowest BCUT2D eigenvalue weighted by molar-refractivity contribution is -0.116. The summed E-state index contributed by atoms with van der Waals surface area (Å²) in [5.41, 5.74) is 2.54. The summed E-state index contributed by atoms with van der Waals surface area (Å²) in [4.78, 5) is 35.0. The maximum Gasteiger partial charge on any atom is 0.261 e. The van der Waals surface area contributed by atoms with E-state index < -0.39 is 0 Å². The van der Waals surface area contributed by atoms with Crippen LogP contribution in [0.4, 0.5) is 5.69 Å². The summed E-state index contributed by atoms with van der Waals surface area (Å²) >= 11 is 0. The number of aromatic nitrogens is 4. The van der Waals surface area contributed by atoms with Gasteiger partial charge in [-0.3, -0.25) is 14.2 Å². The van der Waals surface area contributed by atoms with Crippen LogP contribution in [-0.4, -0.2) is 25.0 Å². The fourth-order valence-electron chi connectivity index (χ4n) is 4.43. The van der Waals surface area contributed by atoms with Crippen molar-refractivity contribution in [3.05, 3.63) is 88.5 Å². The Labute approximate surface area is 198 Å². The van der Waals surface area contributed by atoms with E-state index in [1.165, 1.54) is 0 Å². The summed E-state index contributed by atoms with van der Waals surface area (Å²) < 4.78 is 3.93. The highest BCUT2D eigenvalue weighted by Crippen LogP contribution is 2.35. The van der Waals surface area contributed by atoms with Gasteiger partial charge in [0.2, 0.25) is 5.91 Å². The third-order valence-electron chi connectivity index (χ3n) is 6.20. The maximum absolute atomic E-state index is 13.0. The lowest BCUT2D eigenvalue weighted by atomic mass is 10.1. The fourth-order valence-corrected chi connectivity index (χ4v) is 4.43. The van der Waals surface area contributed by atoms with Crippen molar-refractivity contribution in [1.29, 1.82) is 0 Å². The van der Waals surface area contributed by atoms with E-state index >= 15 is 0 Å². The SMILES string of the molecule is CC(C)c1nccn1Cc1cccc(NC(=O)CCc2nc3ccccc3c(=O)n2C2CC2)c1. The van der Waals surface area contributed by atoms with E-state index in [4.69, 9.17) is 4.98 Å². The smallest absolute Gasteiger partial charge is 0.261 e. The number of carbonyl (C=O) groups is 1. The molecule has 1 aliphatic rings. The van der Waals surface area contributed by atoms with E-state index in [1.54, 1.807) is 4.57 Å². The molecule has 1 amide bonds. The summed E-state index contributed by atoms with van der Waals surface area (Å²) in [5, 5.41) is 3.64. The summed E-state index contributed by atoms with van der Waals surface area (Å²) in [6.07, 6.45) is 6.47. The zero-order chi connectivity index (χ0) is 23.7. The lowest BCUT2D eigenvalue weighted by Crippen LogP contribution is -2.25. The van der Waals surface area contributed by atoms with Gasteiger partial charge in [-0.05, 0) is 42.7 Å². The lowest BCUT2D eigenvalue weighted by Gasteiger charge is -2.13. The number of para-hydroxylation sites is 1. The van der Waals surface area contributed by atoms with Crippen LogP contribution in [0.15, 0.2) is 65.7 Å². The number of carbonyl (C=O) groups excluding carboxylic acids is 1. The zero-order valence-corrected chi connectivity index (χ0v) is 19.6.